The van der Waals surface area contributed by atoms with Gasteiger partial charge in [-0.3, -0.25) is 19.4 Å². The van der Waals surface area contributed by atoms with Crippen LogP contribution in [0.2, 0.25) is 0 Å². The number of carbonyl (C=O) groups is 3. The van der Waals surface area contributed by atoms with Crippen LogP contribution in [0.5, 0.6) is 5.75 Å². The van der Waals surface area contributed by atoms with Gasteiger partial charge in [0.05, 0.1) is 30.7 Å². The molecule has 4 unspecified atom stereocenters. The molecule has 156 valence electrons. The van der Waals surface area contributed by atoms with Gasteiger partial charge in [-0.25, -0.2) is 9.29 Å². The quantitative estimate of drug-likeness (QED) is 0.562. The van der Waals surface area contributed by atoms with Crippen molar-refractivity contribution >= 4 is 29.5 Å². The Morgan fingerprint density at radius 1 is 1.00 bits per heavy atom. The van der Waals surface area contributed by atoms with Crippen molar-refractivity contribution in [3.05, 3.63) is 72.1 Å². The van der Waals surface area contributed by atoms with Gasteiger partial charge in [-0.2, -0.15) is 5.10 Å². The lowest BCUT2D eigenvalue weighted by Crippen LogP contribution is -2.46. The number of rotatable bonds is 4. The fourth-order valence-electron chi connectivity index (χ4n) is 4.61. The van der Waals surface area contributed by atoms with E-state index in [-0.39, 0.29) is 17.3 Å². The first-order chi connectivity index (χ1) is 15.0. The fraction of sp³-hybridized carbons (Fsp3) is 0.217. The summed E-state index contributed by atoms with van der Waals surface area (Å²) in [5.74, 6) is -2.68. The maximum atomic E-state index is 13.5. The molecule has 31 heavy (non-hydrogen) atoms. The molecule has 7 nitrogen and oxygen atoms in total. The smallest absolute Gasteiger partial charge is 0.240 e. The molecule has 4 atom stereocenters. The summed E-state index contributed by atoms with van der Waals surface area (Å²) in [5, 5.41) is 5.83. The second kappa shape index (κ2) is 7.16. The first-order valence-corrected chi connectivity index (χ1v) is 9.82. The molecular weight excluding hydrogens is 401 g/mol. The molecule has 2 amide bonds. The van der Waals surface area contributed by atoms with Crippen molar-refractivity contribution in [3.8, 4) is 5.75 Å². The van der Waals surface area contributed by atoms with E-state index < -0.39 is 35.6 Å². The second-order valence-electron chi connectivity index (χ2n) is 7.60. The molecule has 0 aromatic heterocycles. The minimum absolute atomic E-state index is 0.263. The van der Waals surface area contributed by atoms with Crippen molar-refractivity contribution in [1.82, 2.24) is 5.01 Å². The highest BCUT2D eigenvalue weighted by Gasteiger charge is 2.64. The number of Topliss-reactive ketones (excluding diaryl/α,β-unsaturated/α-hetero) is 1. The third kappa shape index (κ3) is 2.86. The van der Waals surface area contributed by atoms with E-state index in [2.05, 4.69) is 5.10 Å². The number of allylic oxidation sites excluding steroid dienone is 1. The Labute approximate surface area is 177 Å². The van der Waals surface area contributed by atoms with Gasteiger partial charge in [-0.1, -0.05) is 6.08 Å². The number of hydrogen-bond acceptors (Lipinski definition) is 6. The van der Waals surface area contributed by atoms with Crippen molar-refractivity contribution in [2.75, 3.05) is 12.0 Å². The molecule has 5 rings (SSSR count). The van der Waals surface area contributed by atoms with Gasteiger partial charge in [-0.05, 0) is 54.6 Å². The highest BCUT2D eigenvalue weighted by Crippen LogP contribution is 2.46. The molecule has 0 spiro atoms. The van der Waals surface area contributed by atoms with Crippen molar-refractivity contribution < 1.29 is 23.5 Å². The SMILES string of the molecule is COc1ccc(N2C(=O)C3C(C2=O)C(C(=O)c2ccc(F)cc2)N2N=CC=CC32)cc1. The molecule has 2 aromatic carbocycles. The fourth-order valence-corrected chi connectivity index (χ4v) is 4.61. The van der Waals surface area contributed by atoms with Gasteiger partial charge in [0.25, 0.3) is 0 Å². The van der Waals surface area contributed by atoms with Gasteiger partial charge < -0.3 is 4.74 Å². The molecule has 0 radical (unpaired) electrons. The lowest BCUT2D eigenvalue weighted by molar-refractivity contribution is -0.123. The zero-order valence-corrected chi connectivity index (χ0v) is 16.5. The molecule has 3 aliphatic heterocycles. The number of hydrogen-bond donors (Lipinski definition) is 0. The zero-order chi connectivity index (χ0) is 21.7. The number of imide groups is 1. The van der Waals surface area contributed by atoms with Crippen LogP contribution in [0.3, 0.4) is 0 Å². The zero-order valence-electron chi connectivity index (χ0n) is 16.5. The molecule has 3 aliphatic rings. The summed E-state index contributed by atoms with van der Waals surface area (Å²) in [6, 6.07) is 10.3. The van der Waals surface area contributed by atoms with E-state index >= 15 is 0 Å². The predicted octanol–water partition coefficient (Wildman–Crippen LogP) is 2.43. The largest absolute Gasteiger partial charge is 0.497 e. The molecule has 2 fully saturated rings. The molecule has 0 saturated carbocycles. The van der Waals surface area contributed by atoms with Gasteiger partial charge >= 0.3 is 0 Å². The lowest BCUT2D eigenvalue weighted by Gasteiger charge is -2.30. The van der Waals surface area contributed by atoms with Crippen LogP contribution in [0.1, 0.15) is 10.4 Å². The molecule has 2 saturated heterocycles. The number of methoxy groups -OCH3 is 1. The van der Waals surface area contributed by atoms with Crippen LogP contribution < -0.4 is 9.64 Å². The Bertz CT molecular complexity index is 1130. The van der Waals surface area contributed by atoms with E-state index in [9.17, 15) is 18.8 Å². The number of hydrazone groups is 1. The van der Waals surface area contributed by atoms with Gasteiger partial charge in [0.2, 0.25) is 11.8 Å². The third-order valence-electron chi connectivity index (χ3n) is 6.02. The van der Waals surface area contributed by atoms with Gasteiger partial charge in [0.1, 0.15) is 17.6 Å². The Morgan fingerprint density at radius 3 is 2.35 bits per heavy atom. The lowest BCUT2D eigenvalue weighted by atomic mass is 9.86. The first kappa shape index (κ1) is 19.2. The van der Waals surface area contributed by atoms with Gasteiger partial charge in [-0.15, -0.1) is 0 Å². The third-order valence-corrected chi connectivity index (χ3v) is 6.02. The molecular formula is C23H18FN3O4. The van der Waals surface area contributed by atoms with Gasteiger partial charge in [0.15, 0.2) is 5.78 Å². The van der Waals surface area contributed by atoms with Crippen LogP contribution in [-0.2, 0) is 9.59 Å². The van der Waals surface area contributed by atoms with Crippen molar-refractivity contribution in [2.24, 2.45) is 16.9 Å². The molecule has 2 aromatic rings. The van der Waals surface area contributed by atoms with Crippen molar-refractivity contribution in [2.45, 2.75) is 12.1 Å². The number of amides is 2. The van der Waals surface area contributed by atoms with E-state index in [4.69, 9.17) is 4.74 Å². The average Bonchev–Trinajstić information content (AvgIpc) is 3.27. The summed E-state index contributed by atoms with van der Waals surface area (Å²) >= 11 is 0. The summed E-state index contributed by atoms with van der Waals surface area (Å²) in [4.78, 5) is 41.3. The number of benzene rings is 2. The first-order valence-electron chi connectivity index (χ1n) is 9.82. The number of ether oxygens (including phenoxy) is 1. The number of halogens is 1. The molecule has 0 N–H and O–H groups in total. The summed E-state index contributed by atoms with van der Waals surface area (Å²) in [7, 11) is 1.53. The van der Waals surface area contributed by atoms with E-state index in [1.165, 1.54) is 42.6 Å². The summed E-state index contributed by atoms with van der Waals surface area (Å²) in [6.45, 7) is 0. The standard InChI is InChI=1S/C23H18FN3O4/c1-31-16-10-8-15(9-11-16)26-22(29)18-17-3-2-12-25-27(17)20(19(18)23(26)30)21(28)13-4-6-14(24)7-5-13/h2-12,17-20H,1H3. The van der Waals surface area contributed by atoms with E-state index in [1.54, 1.807) is 36.4 Å². The number of carbonyl (C=O) groups excluding carboxylic acids is 3. The van der Waals surface area contributed by atoms with E-state index in [0.717, 1.165) is 4.90 Å². The van der Waals surface area contributed by atoms with Crippen LogP contribution in [0.4, 0.5) is 10.1 Å². The Hall–Kier alpha value is -3.81. The summed E-state index contributed by atoms with van der Waals surface area (Å²) in [6.07, 6.45) is 5.01. The molecule has 3 heterocycles. The highest BCUT2D eigenvalue weighted by molar-refractivity contribution is 6.24. The average molecular weight is 419 g/mol. The highest BCUT2D eigenvalue weighted by atomic mass is 19.1. The van der Waals surface area contributed by atoms with Crippen LogP contribution in [0.25, 0.3) is 0 Å². The van der Waals surface area contributed by atoms with E-state index in [0.29, 0.717) is 11.4 Å². The van der Waals surface area contributed by atoms with E-state index in [1.807, 2.05) is 0 Å². The van der Waals surface area contributed by atoms with Crippen LogP contribution in [0, 0.1) is 17.7 Å². The Kier molecular flexibility index (Phi) is 4.43. The van der Waals surface area contributed by atoms with Crippen LogP contribution in [-0.4, -0.2) is 48.0 Å². The second-order valence-corrected chi connectivity index (χ2v) is 7.60. The van der Waals surface area contributed by atoms with Crippen molar-refractivity contribution in [1.29, 1.82) is 0 Å². The Morgan fingerprint density at radius 2 is 1.68 bits per heavy atom. The Balaban J connectivity index is 1.55. The number of fused-ring (bicyclic) bond motifs is 3. The molecule has 0 aliphatic carbocycles. The number of ketones is 1. The minimum Gasteiger partial charge on any atom is -0.497 e. The maximum Gasteiger partial charge on any atom is 0.240 e. The monoisotopic (exact) mass is 419 g/mol. The molecule has 0 bridgehead atoms. The van der Waals surface area contributed by atoms with Crippen molar-refractivity contribution in [3.63, 3.8) is 0 Å². The normalized spacial score (nSPS) is 26.3. The minimum atomic E-state index is -0.957. The number of nitrogens with zero attached hydrogens (tertiary/aromatic N) is 3. The van der Waals surface area contributed by atoms with Gasteiger partial charge in [0, 0.05) is 11.8 Å². The summed E-state index contributed by atoms with van der Waals surface area (Å²) < 4.78 is 18.5. The maximum absolute atomic E-state index is 13.5. The predicted molar refractivity (Wildman–Crippen MR) is 110 cm³/mol. The molecule has 8 heteroatoms. The van der Waals surface area contributed by atoms with Crippen LogP contribution in [0.15, 0.2) is 65.8 Å². The summed E-state index contributed by atoms with van der Waals surface area (Å²) in [5.41, 5.74) is 0.687. The number of anilines is 1. The van der Waals surface area contributed by atoms with Crippen LogP contribution >= 0.6 is 0 Å². The topological polar surface area (TPSA) is 79.3 Å².